The van der Waals surface area contributed by atoms with Crippen LogP contribution in [-0.4, -0.2) is 16.0 Å². The molecule has 0 saturated carbocycles. The first-order chi connectivity index (χ1) is 6.99. The van der Waals surface area contributed by atoms with Gasteiger partial charge in [-0.1, -0.05) is 23.7 Å². The van der Waals surface area contributed by atoms with Crippen LogP contribution in [0.2, 0.25) is 5.02 Å². The maximum Gasteiger partial charge on any atom is 0.0486 e. The number of hydrogen-bond acceptors (Lipinski definition) is 2. The molecule has 0 aliphatic carbocycles. The second kappa shape index (κ2) is 5.64. The van der Waals surface area contributed by atoms with Crippen molar-refractivity contribution in [1.82, 2.24) is 0 Å². The maximum atomic E-state index is 11.6. The molecule has 1 aromatic rings. The van der Waals surface area contributed by atoms with E-state index in [-0.39, 0.29) is 6.04 Å². The minimum absolute atomic E-state index is 0.0146. The molecule has 2 atom stereocenters. The van der Waals surface area contributed by atoms with Gasteiger partial charge in [-0.2, -0.15) is 0 Å². The number of nitrogens with two attached hydrogens (primary N) is 1. The molecule has 0 aromatic heterocycles. The van der Waals surface area contributed by atoms with Gasteiger partial charge in [-0.15, -0.1) is 0 Å². The van der Waals surface area contributed by atoms with Crippen molar-refractivity contribution >= 4 is 22.4 Å². The fourth-order valence-electron chi connectivity index (χ4n) is 1.33. The first-order valence-electron chi connectivity index (χ1n) is 4.84. The molecule has 0 aliphatic heterocycles. The zero-order valence-corrected chi connectivity index (χ0v) is 10.6. The van der Waals surface area contributed by atoms with E-state index in [1.54, 1.807) is 0 Å². The minimum atomic E-state index is -0.884. The van der Waals surface area contributed by atoms with E-state index in [1.165, 1.54) is 0 Å². The van der Waals surface area contributed by atoms with Crippen LogP contribution in [0.25, 0.3) is 0 Å². The highest BCUT2D eigenvalue weighted by molar-refractivity contribution is 7.84. The lowest BCUT2D eigenvalue weighted by Crippen LogP contribution is -2.23. The van der Waals surface area contributed by atoms with Gasteiger partial charge in [0, 0.05) is 33.4 Å². The molecule has 0 aliphatic rings. The molecule has 2 unspecified atom stereocenters. The second-order valence-electron chi connectivity index (χ2n) is 3.81. The van der Waals surface area contributed by atoms with Crippen LogP contribution in [0, 0.1) is 6.92 Å². The minimum Gasteiger partial charge on any atom is -0.327 e. The SMILES string of the molecule is Cc1cc(CS(=O)CC(C)N)ccc1Cl. The van der Waals surface area contributed by atoms with Gasteiger partial charge < -0.3 is 5.73 Å². The average Bonchev–Trinajstić information content (AvgIpc) is 2.10. The highest BCUT2D eigenvalue weighted by Gasteiger charge is 2.05. The third kappa shape index (κ3) is 4.33. The smallest absolute Gasteiger partial charge is 0.0486 e. The van der Waals surface area contributed by atoms with Crippen LogP contribution in [-0.2, 0) is 16.6 Å². The lowest BCUT2D eigenvalue weighted by Gasteiger charge is -2.06. The summed E-state index contributed by atoms with van der Waals surface area (Å²) in [6, 6.07) is 5.71. The normalized spacial score (nSPS) is 14.9. The van der Waals surface area contributed by atoms with E-state index < -0.39 is 10.8 Å². The van der Waals surface area contributed by atoms with Crippen molar-refractivity contribution in [3.05, 3.63) is 34.3 Å². The van der Waals surface area contributed by atoms with Gasteiger partial charge in [-0.05, 0) is 31.0 Å². The summed E-state index contributed by atoms with van der Waals surface area (Å²) in [6.07, 6.45) is 0. The molecule has 2 nitrogen and oxygen atoms in total. The van der Waals surface area contributed by atoms with Crippen molar-refractivity contribution in [2.75, 3.05) is 5.75 Å². The van der Waals surface area contributed by atoms with Crippen LogP contribution in [0.4, 0.5) is 0 Å². The van der Waals surface area contributed by atoms with Crippen molar-refractivity contribution in [1.29, 1.82) is 0 Å². The van der Waals surface area contributed by atoms with Crippen LogP contribution in [0.3, 0.4) is 0 Å². The monoisotopic (exact) mass is 245 g/mol. The molecule has 84 valence electrons. The van der Waals surface area contributed by atoms with Crippen LogP contribution in [0.1, 0.15) is 18.1 Å². The Morgan fingerprint density at radius 3 is 2.73 bits per heavy atom. The molecule has 0 amide bonds. The lowest BCUT2D eigenvalue weighted by molar-refractivity contribution is 0.676. The van der Waals surface area contributed by atoms with E-state index in [0.717, 1.165) is 16.1 Å². The van der Waals surface area contributed by atoms with Gasteiger partial charge in [0.05, 0.1) is 0 Å². The van der Waals surface area contributed by atoms with E-state index in [0.29, 0.717) is 11.5 Å². The average molecular weight is 246 g/mol. The molecule has 0 spiro atoms. The van der Waals surface area contributed by atoms with Crippen molar-refractivity contribution in [3.63, 3.8) is 0 Å². The van der Waals surface area contributed by atoms with Gasteiger partial charge in [0.1, 0.15) is 0 Å². The summed E-state index contributed by atoms with van der Waals surface area (Å²) in [5.74, 6) is 1.10. The summed E-state index contributed by atoms with van der Waals surface area (Å²) in [6.45, 7) is 3.81. The quantitative estimate of drug-likeness (QED) is 0.884. The molecule has 0 radical (unpaired) electrons. The molecule has 1 aromatic carbocycles. The van der Waals surface area contributed by atoms with Gasteiger partial charge in [-0.3, -0.25) is 4.21 Å². The summed E-state index contributed by atoms with van der Waals surface area (Å²) >= 11 is 5.91. The fraction of sp³-hybridized carbons (Fsp3) is 0.455. The van der Waals surface area contributed by atoms with Gasteiger partial charge in [0.25, 0.3) is 0 Å². The predicted molar refractivity (Wildman–Crippen MR) is 66.6 cm³/mol. The largest absolute Gasteiger partial charge is 0.327 e. The second-order valence-corrected chi connectivity index (χ2v) is 5.72. The molecule has 4 heteroatoms. The number of rotatable bonds is 4. The molecule has 0 fully saturated rings. The zero-order valence-electron chi connectivity index (χ0n) is 9.00. The van der Waals surface area contributed by atoms with E-state index in [9.17, 15) is 4.21 Å². The van der Waals surface area contributed by atoms with Crippen molar-refractivity contribution in [2.24, 2.45) is 5.73 Å². The molecule has 0 heterocycles. The Morgan fingerprint density at radius 2 is 2.20 bits per heavy atom. The third-order valence-electron chi connectivity index (χ3n) is 2.00. The van der Waals surface area contributed by atoms with Crippen molar-refractivity contribution < 1.29 is 4.21 Å². The number of halogens is 1. The maximum absolute atomic E-state index is 11.6. The van der Waals surface area contributed by atoms with Crippen molar-refractivity contribution in [3.8, 4) is 0 Å². The third-order valence-corrected chi connectivity index (χ3v) is 3.98. The van der Waals surface area contributed by atoms with Crippen LogP contribution in [0.15, 0.2) is 18.2 Å². The summed E-state index contributed by atoms with van der Waals surface area (Å²) in [5.41, 5.74) is 7.66. The lowest BCUT2D eigenvalue weighted by atomic mass is 10.2. The Bertz CT molecular complexity index is 366. The van der Waals surface area contributed by atoms with E-state index in [1.807, 2.05) is 32.0 Å². The van der Waals surface area contributed by atoms with Crippen molar-refractivity contribution in [2.45, 2.75) is 25.6 Å². The molecule has 2 N–H and O–H groups in total. The summed E-state index contributed by atoms with van der Waals surface area (Å²) in [5, 5.41) is 0.747. The van der Waals surface area contributed by atoms with Gasteiger partial charge in [0.2, 0.25) is 0 Å². The Balaban J connectivity index is 2.65. The number of benzene rings is 1. The number of hydrogen-bond donors (Lipinski definition) is 1. The first-order valence-corrected chi connectivity index (χ1v) is 6.71. The first kappa shape index (κ1) is 12.7. The molecule has 0 saturated heterocycles. The Labute approximate surface area is 98.3 Å². The van der Waals surface area contributed by atoms with Gasteiger partial charge in [-0.25, -0.2) is 0 Å². The van der Waals surface area contributed by atoms with Gasteiger partial charge in [0.15, 0.2) is 0 Å². The summed E-state index contributed by atoms with van der Waals surface area (Å²) < 4.78 is 11.6. The van der Waals surface area contributed by atoms with E-state index in [4.69, 9.17) is 17.3 Å². The predicted octanol–water partition coefficient (Wildman–Crippen LogP) is 2.24. The van der Waals surface area contributed by atoms with E-state index >= 15 is 0 Å². The van der Waals surface area contributed by atoms with E-state index in [2.05, 4.69) is 0 Å². The van der Waals surface area contributed by atoms with Gasteiger partial charge >= 0.3 is 0 Å². The van der Waals surface area contributed by atoms with Crippen LogP contribution in [0.5, 0.6) is 0 Å². The Hall–Kier alpha value is -0.380. The number of aryl methyl sites for hydroxylation is 1. The zero-order chi connectivity index (χ0) is 11.4. The molecule has 15 heavy (non-hydrogen) atoms. The molecule has 1 rings (SSSR count). The Kier molecular flexibility index (Phi) is 4.77. The standard InChI is InChI=1S/C11H16ClNOS/c1-8-5-10(3-4-11(8)12)7-15(14)6-9(2)13/h3-5,9H,6-7,13H2,1-2H3. The summed E-state index contributed by atoms with van der Waals surface area (Å²) in [4.78, 5) is 0. The van der Waals surface area contributed by atoms with Crippen LogP contribution < -0.4 is 5.73 Å². The molecule has 0 bridgehead atoms. The fourth-order valence-corrected chi connectivity index (χ4v) is 2.71. The highest BCUT2D eigenvalue weighted by atomic mass is 35.5. The highest BCUT2D eigenvalue weighted by Crippen LogP contribution is 2.17. The molecular weight excluding hydrogens is 230 g/mol. The topological polar surface area (TPSA) is 43.1 Å². The summed E-state index contributed by atoms with van der Waals surface area (Å²) in [7, 11) is -0.884. The Morgan fingerprint density at radius 1 is 1.53 bits per heavy atom. The van der Waals surface area contributed by atoms with Crippen LogP contribution >= 0.6 is 11.6 Å². The molecular formula is C11H16ClNOS.